The molecule has 4 N–H and O–H groups in total. The SMILES string of the molecule is CC[C@H]1OC(=O)[C@H](C)[C@@H](C2C[C@@](C)(OC)[C@@H](O)[C@H](C)O2)[C@H](C)[C@@H](O[C@H]2C[C@@H](N(C)C)C[C@@H](C)O2)[C@](C)(O)C[C@@H](C)CN(C(=O)CCCCCCC[P+](C)(C)C)[C@H](C)[C@@H](O)[C@]1(C)O. The molecule has 3 rings (SSSR count). The molecule has 0 saturated carbocycles. The summed E-state index contributed by atoms with van der Waals surface area (Å²) < 4.78 is 32.2. The summed E-state index contributed by atoms with van der Waals surface area (Å²) in [5.41, 5.74) is -4.45. The molecule has 13 nitrogen and oxygen atoms in total. The molecule has 1 unspecified atom stereocenters. The third-order valence-electron chi connectivity index (χ3n) is 14.7. The van der Waals surface area contributed by atoms with Crippen LogP contribution in [0, 0.1) is 23.7 Å². The van der Waals surface area contributed by atoms with Crippen LogP contribution in [0.3, 0.4) is 0 Å². The van der Waals surface area contributed by atoms with Crippen LogP contribution in [0.2, 0.25) is 0 Å². The minimum atomic E-state index is -1.92. The zero-order valence-corrected chi connectivity index (χ0v) is 42.7. The number of aliphatic hydroxyl groups is 4. The molecule has 62 heavy (non-hydrogen) atoms. The van der Waals surface area contributed by atoms with Gasteiger partial charge < -0.3 is 53.9 Å². The number of carbonyl (C=O) groups is 2. The molecular formula is C48H92N2O11P+. The van der Waals surface area contributed by atoms with E-state index in [1.54, 1.807) is 46.6 Å². The molecule has 0 aromatic heterocycles. The van der Waals surface area contributed by atoms with Gasteiger partial charge >= 0.3 is 5.97 Å². The number of hydrogen-bond donors (Lipinski definition) is 4. The zero-order valence-electron chi connectivity index (χ0n) is 41.8. The Hall–Kier alpha value is -0.990. The number of esters is 1. The van der Waals surface area contributed by atoms with Crippen LogP contribution < -0.4 is 0 Å². The van der Waals surface area contributed by atoms with Crippen molar-refractivity contribution in [1.29, 1.82) is 0 Å². The number of amides is 1. The normalized spacial score (nSPS) is 42.3. The highest BCUT2D eigenvalue weighted by atomic mass is 31.2. The maximum atomic E-state index is 14.6. The Morgan fingerprint density at radius 3 is 2.10 bits per heavy atom. The van der Waals surface area contributed by atoms with E-state index >= 15 is 0 Å². The quantitative estimate of drug-likeness (QED) is 0.0869. The Kier molecular flexibility index (Phi) is 20.7. The Morgan fingerprint density at radius 1 is 0.903 bits per heavy atom. The van der Waals surface area contributed by atoms with Crippen molar-refractivity contribution in [3.05, 3.63) is 0 Å². The lowest BCUT2D eigenvalue weighted by Crippen LogP contribution is -2.61. The molecule has 17 atom stereocenters. The average Bonchev–Trinajstić information content (AvgIpc) is 3.17. The van der Waals surface area contributed by atoms with Crippen LogP contribution in [0.4, 0.5) is 0 Å². The summed E-state index contributed by atoms with van der Waals surface area (Å²) in [6.07, 6.45) is 2.16. The highest BCUT2D eigenvalue weighted by molar-refractivity contribution is 7.73. The standard InChI is InChI=1S/C48H92N2O11P/c1-17-38-48(10,56)42(52)34(6)50(39(51)23-21-19-18-20-22-24-62(14,15)16)29-30(2)27-46(8,55)44(61-40-26-36(49(11)12)25-31(3)58-40)32(4)41(33(5)45(54)60-38)37-28-47(9,57-13)43(53)35(7)59-37/h30-38,40-44,52-53,55-56H,17-29H2,1-16H3/q+1/t30-,31-,32+,33-,34-,35+,36+,37?,38-,40+,41+,42-,43+,44-,46-,47-,48-/m1/s1. The summed E-state index contributed by atoms with van der Waals surface area (Å²) in [5.74, 6) is -3.10. The first-order valence-electron chi connectivity index (χ1n) is 23.9. The number of ether oxygens (including phenoxy) is 5. The second-order valence-corrected chi connectivity index (χ2v) is 26.8. The zero-order chi connectivity index (χ0) is 47.1. The molecule has 0 bridgehead atoms. The van der Waals surface area contributed by atoms with Crippen molar-refractivity contribution in [3.8, 4) is 0 Å². The lowest BCUT2D eigenvalue weighted by atomic mass is 9.68. The van der Waals surface area contributed by atoms with Crippen molar-refractivity contribution >= 4 is 19.1 Å². The van der Waals surface area contributed by atoms with E-state index in [1.807, 2.05) is 41.8 Å². The summed E-state index contributed by atoms with van der Waals surface area (Å²) >= 11 is 0. The first kappa shape index (κ1) is 55.3. The maximum absolute atomic E-state index is 14.6. The van der Waals surface area contributed by atoms with Crippen LogP contribution in [-0.4, -0.2) is 174 Å². The molecule has 0 radical (unpaired) electrons. The van der Waals surface area contributed by atoms with E-state index in [4.69, 9.17) is 23.7 Å². The molecular weight excluding hydrogens is 812 g/mol. The molecule has 3 heterocycles. The average molecular weight is 904 g/mol. The van der Waals surface area contributed by atoms with Gasteiger partial charge in [0, 0.05) is 72.1 Å². The van der Waals surface area contributed by atoms with Gasteiger partial charge in [-0.1, -0.05) is 40.5 Å². The van der Waals surface area contributed by atoms with E-state index in [-0.39, 0.29) is 49.8 Å². The van der Waals surface area contributed by atoms with Crippen molar-refractivity contribution in [2.24, 2.45) is 23.7 Å². The van der Waals surface area contributed by atoms with Crippen molar-refractivity contribution in [3.63, 3.8) is 0 Å². The van der Waals surface area contributed by atoms with Crippen molar-refractivity contribution in [2.75, 3.05) is 53.9 Å². The lowest BCUT2D eigenvalue weighted by Gasteiger charge is -2.51. The molecule has 3 saturated heterocycles. The highest BCUT2D eigenvalue weighted by Crippen LogP contribution is 2.47. The van der Waals surface area contributed by atoms with Crippen LogP contribution in [0.15, 0.2) is 0 Å². The van der Waals surface area contributed by atoms with E-state index in [0.717, 1.165) is 25.7 Å². The van der Waals surface area contributed by atoms with Gasteiger partial charge in [-0.2, -0.15) is 0 Å². The minimum Gasteiger partial charge on any atom is -0.459 e. The molecule has 3 aliphatic heterocycles. The smallest absolute Gasteiger partial charge is 0.309 e. The van der Waals surface area contributed by atoms with Gasteiger partial charge in [-0.3, -0.25) is 9.59 Å². The molecule has 0 aromatic rings. The Morgan fingerprint density at radius 2 is 1.52 bits per heavy atom. The molecule has 14 heteroatoms. The van der Waals surface area contributed by atoms with Gasteiger partial charge in [0.05, 0.1) is 53.7 Å². The largest absolute Gasteiger partial charge is 0.459 e. The van der Waals surface area contributed by atoms with Gasteiger partial charge in [-0.15, -0.1) is 0 Å². The number of aliphatic hydroxyl groups excluding tert-OH is 2. The first-order valence-corrected chi connectivity index (χ1v) is 27.2. The van der Waals surface area contributed by atoms with Crippen molar-refractivity contribution < 1.29 is 53.7 Å². The Balaban J connectivity index is 2.13. The van der Waals surface area contributed by atoms with Crippen molar-refractivity contribution in [1.82, 2.24) is 9.80 Å². The van der Waals surface area contributed by atoms with Gasteiger partial charge in [0.2, 0.25) is 5.91 Å². The topological polar surface area (TPSA) is 168 Å². The van der Waals surface area contributed by atoms with Gasteiger partial charge in [0.25, 0.3) is 0 Å². The van der Waals surface area contributed by atoms with Crippen LogP contribution in [0.1, 0.15) is 140 Å². The second-order valence-electron chi connectivity index (χ2n) is 21.8. The van der Waals surface area contributed by atoms with E-state index in [2.05, 4.69) is 24.9 Å². The van der Waals surface area contributed by atoms with E-state index in [9.17, 15) is 30.0 Å². The predicted octanol–water partition coefficient (Wildman–Crippen LogP) is 6.35. The third kappa shape index (κ3) is 14.5. The van der Waals surface area contributed by atoms with Gasteiger partial charge in [-0.05, 0) is 106 Å². The first-order chi connectivity index (χ1) is 28.6. The fourth-order valence-corrected chi connectivity index (χ4v) is 12.0. The molecule has 364 valence electrons. The van der Waals surface area contributed by atoms with E-state index in [0.29, 0.717) is 19.3 Å². The molecule has 1 amide bonds. The number of carbonyl (C=O) groups excluding carboxylic acids is 2. The monoisotopic (exact) mass is 904 g/mol. The maximum Gasteiger partial charge on any atom is 0.309 e. The van der Waals surface area contributed by atoms with Gasteiger partial charge in [0.15, 0.2) is 6.29 Å². The van der Waals surface area contributed by atoms with Crippen LogP contribution in [0.25, 0.3) is 0 Å². The third-order valence-corrected chi connectivity index (χ3v) is 16.4. The lowest BCUT2D eigenvalue weighted by molar-refractivity contribution is -0.275. The summed E-state index contributed by atoms with van der Waals surface area (Å²) in [7, 11) is 4.82. The highest BCUT2D eigenvalue weighted by Gasteiger charge is 2.54. The van der Waals surface area contributed by atoms with Crippen LogP contribution in [0.5, 0.6) is 0 Å². The number of unbranched alkanes of at least 4 members (excludes halogenated alkanes) is 4. The number of rotatable bonds is 14. The van der Waals surface area contributed by atoms with E-state index in [1.165, 1.54) is 19.5 Å². The van der Waals surface area contributed by atoms with Crippen LogP contribution in [-0.2, 0) is 33.3 Å². The summed E-state index contributed by atoms with van der Waals surface area (Å²) in [6, 6.07) is -0.664. The molecule has 0 aromatic carbocycles. The Labute approximate surface area is 377 Å². The number of hydrogen-bond acceptors (Lipinski definition) is 12. The molecule has 0 spiro atoms. The summed E-state index contributed by atoms with van der Waals surface area (Å²) in [4.78, 5) is 32.7. The van der Waals surface area contributed by atoms with Crippen molar-refractivity contribution in [2.45, 2.75) is 218 Å². The van der Waals surface area contributed by atoms with Gasteiger partial charge in [-0.25, -0.2) is 0 Å². The Bertz CT molecular complexity index is 1390. The molecule has 0 aliphatic carbocycles. The molecule has 3 aliphatic rings. The summed E-state index contributed by atoms with van der Waals surface area (Å²) in [6.45, 7) is 25.4. The second kappa shape index (κ2) is 23.1. The fourth-order valence-electron chi connectivity index (χ4n) is 10.9. The molecule has 3 fully saturated rings. The van der Waals surface area contributed by atoms with E-state index < -0.39 is 96.7 Å². The summed E-state index contributed by atoms with van der Waals surface area (Å²) in [5, 5.41) is 48.4. The van der Waals surface area contributed by atoms with Gasteiger partial charge in [0.1, 0.15) is 23.9 Å². The number of methoxy groups -OCH3 is 1. The minimum absolute atomic E-state index is 0.102. The predicted molar refractivity (Wildman–Crippen MR) is 248 cm³/mol. The number of nitrogens with zero attached hydrogens (tertiary/aromatic N) is 2. The number of cyclic esters (lactones) is 1. The fraction of sp³-hybridized carbons (Fsp3) is 0.958. The van der Waals surface area contributed by atoms with Crippen LogP contribution >= 0.6 is 7.26 Å².